The Morgan fingerprint density at radius 3 is 2.71 bits per heavy atom. The average Bonchev–Trinajstić information content (AvgIpc) is 2.34. The number of methoxy groups -OCH3 is 1. The number of nitrogens with one attached hydrogen (secondary N) is 1. The van der Waals surface area contributed by atoms with Gasteiger partial charge in [0, 0.05) is 12.3 Å². The van der Waals surface area contributed by atoms with Crippen LogP contribution < -0.4 is 11.1 Å². The van der Waals surface area contributed by atoms with E-state index in [9.17, 15) is 9.59 Å². The second kappa shape index (κ2) is 10.7. The first-order valence-electron chi connectivity index (χ1n) is 5.28. The van der Waals surface area contributed by atoms with Crippen LogP contribution in [0.5, 0.6) is 0 Å². The van der Waals surface area contributed by atoms with Crippen molar-refractivity contribution in [2.24, 2.45) is 5.73 Å². The molecule has 3 N–H and O–H groups in total. The van der Waals surface area contributed by atoms with Crippen molar-refractivity contribution >= 4 is 35.4 Å². The molecule has 0 aromatic rings. The Kier molecular flexibility index (Phi) is 10.5. The van der Waals surface area contributed by atoms with E-state index in [0.29, 0.717) is 24.5 Å². The van der Waals surface area contributed by atoms with Gasteiger partial charge in [-0.3, -0.25) is 9.59 Å². The molecule has 0 bridgehead atoms. The van der Waals surface area contributed by atoms with E-state index in [1.165, 1.54) is 18.9 Å². The summed E-state index contributed by atoms with van der Waals surface area (Å²) in [4.78, 5) is 22.2. The summed E-state index contributed by atoms with van der Waals surface area (Å²) in [6.45, 7) is 0.521. The number of carbonyl (C=O) groups is 2. The minimum Gasteiger partial charge on any atom is -0.468 e. The molecular formula is C10H20N2O3S2. The number of carbonyl (C=O) groups excluding carboxylic acids is 2. The topological polar surface area (TPSA) is 81.4 Å². The fourth-order valence-corrected chi connectivity index (χ4v) is 2.13. The van der Waals surface area contributed by atoms with Crippen molar-refractivity contribution in [2.45, 2.75) is 12.5 Å². The van der Waals surface area contributed by atoms with E-state index in [1.54, 1.807) is 11.8 Å². The molecule has 7 heteroatoms. The van der Waals surface area contributed by atoms with Crippen molar-refractivity contribution in [3.8, 4) is 0 Å². The van der Waals surface area contributed by atoms with Crippen LogP contribution in [0.15, 0.2) is 0 Å². The molecule has 0 fully saturated rings. The zero-order chi connectivity index (χ0) is 13.1. The Hall–Kier alpha value is -0.400. The maximum absolute atomic E-state index is 11.5. The Balaban J connectivity index is 3.47. The van der Waals surface area contributed by atoms with Gasteiger partial charge in [0.25, 0.3) is 0 Å². The highest BCUT2D eigenvalue weighted by atomic mass is 32.2. The van der Waals surface area contributed by atoms with E-state index in [-0.39, 0.29) is 11.9 Å². The molecule has 100 valence electrons. The highest BCUT2D eigenvalue weighted by Crippen LogP contribution is 2.00. The summed E-state index contributed by atoms with van der Waals surface area (Å²) in [6, 6.07) is -0.437. The molecule has 0 aromatic carbocycles. The molecule has 17 heavy (non-hydrogen) atoms. The predicted molar refractivity (Wildman–Crippen MR) is 73.3 cm³/mol. The number of thioether (sulfide) groups is 2. The number of nitrogens with two attached hydrogens (primary N) is 1. The van der Waals surface area contributed by atoms with E-state index in [2.05, 4.69) is 10.1 Å². The maximum Gasteiger partial charge on any atom is 0.315 e. The van der Waals surface area contributed by atoms with Gasteiger partial charge >= 0.3 is 5.97 Å². The smallest absolute Gasteiger partial charge is 0.315 e. The summed E-state index contributed by atoms with van der Waals surface area (Å²) >= 11 is 3.09. The molecule has 0 unspecified atom stereocenters. The van der Waals surface area contributed by atoms with Crippen LogP contribution in [0.25, 0.3) is 0 Å². The molecular weight excluding hydrogens is 260 g/mol. The summed E-state index contributed by atoms with van der Waals surface area (Å²) in [7, 11) is 1.36. The normalized spacial score (nSPS) is 11.9. The second-order valence-electron chi connectivity index (χ2n) is 3.31. The van der Waals surface area contributed by atoms with Gasteiger partial charge < -0.3 is 15.8 Å². The summed E-state index contributed by atoms with van der Waals surface area (Å²) < 4.78 is 4.49. The van der Waals surface area contributed by atoms with Gasteiger partial charge in [0.2, 0.25) is 5.91 Å². The van der Waals surface area contributed by atoms with Crippen LogP contribution in [0.1, 0.15) is 6.42 Å². The quantitative estimate of drug-likeness (QED) is 0.460. The van der Waals surface area contributed by atoms with Gasteiger partial charge in [-0.15, -0.1) is 11.8 Å². The Morgan fingerprint density at radius 2 is 2.12 bits per heavy atom. The SMILES string of the molecule is COC(=O)CSCCNC(=O)[C@@H](N)CCSC. The number of rotatable bonds is 9. The van der Waals surface area contributed by atoms with Gasteiger partial charge in [0.1, 0.15) is 0 Å². The number of amides is 1. The highest BCUT2D eigenvalue weighted by Gasteiger charge is 2.11. The number of hydrogen-bond donors (Lipinski definition) is 2. The predicted octanol–water partition coefficient (Wildman–Crippen LogP) is 0.0892. The third kappa shape index (κ3) is 9.31. The van der Waals surface area contributed by atoms with Gasteiger partial charge in [0.05, 0.1) is 18.9 Å². The van der Waals surface area contributed by atoms with Gasteiger partial charge in [-0.1, -0.05) is 0 Å². The van der Waals surface area contributed by atoms with E-state index < -0.39 is 6.04 Å². The van der Waals surface area contributed by atoms with Crippen LogP contribution in [0.4, 0.5) is 0 Å². The Labute approximate surface area is 111 Å². The van der Waals surface area contributed by atoms with Gasteiger partial charge in [-0.25, -0.2) is 0 Å². The molecule has 5 nitrogen and oxygen atoms in total. The Morgan fingerprint density at radius 1 is 1.41 bits per heavy atom. The number of hydrogen-bond acceptors (Lipinski definition) is 6. The van der Waals surface area contributed by atoms with E-state index in [1.807, 2.05) is 6.26 Å². The first-order valence-corrected chi connectivity index (χ1v) is 7.83. The lowest BCUT2D eigenvalue weighted by atomic mass is 10.2. The minimum absolute atomic E-state index is 0.127. The average molecular weight is 280 g/mol. The van der Waals surface area contributed by atoms with Crippen LogP contribution in [0.2, 0.25) is 0 Å². The van der Waals surface area contributed by atoms with E-state index in [0.717, 1.165) is 5.75 Å². The second-order valence-corrected chi connectivity index (χ2v) is 5.40. The third-order valence-electron chi connectivity index (χ3n) is 1.96. The van der Waals surface area contributed by atoms with E-state index >= 15 is 0 Å². The first-order chi connectivity index (χ1) is 8.11. The van der Waals surface area contributed by atoms with Crippen molar-refractivity contribution < 1.29 is 14.3 Å². The third-order valence-corrected chi connectivity index (χ3v) is 3.54. The van der Waals surface area contributed by atoms with Crippen LogP contribution in [0.3, 0.4) is 0 Å². The van der Waals surface area contributed by atoms with Gasteiger partial charge in [-0.2, -0.15) is 11.8 Å². The zero-order valence-electron chi connectivity index (χ0n) is 10.2. The standard InChI is InChI=1S/C10H20N2O3S2/c1-15-9(13)7-17-6-4-12-10(14)8(11)3-5-16-2/h8H,3-7,11H2,1-2H3,(H,12,14)/t8-/m0/s1. The molecule has 1 atom stereocenters. The molecule has 1 amide bonds. The van der Waals surface area contributed by atoms with Crippen LogP contribution >= 0.6 is 23.5 Å². The van der Waals surface area contributed by atoms with E-state index in [4.69, 9.17) is 5.73 Å². The Bertz CT molecular complexity index is 240. The lowest BCUT2D eigenvalue weighted by molar-refractivity contribution is -0.137. The summed E-state index contributed by atoms with van der Waals surface area (Å²) in [6.07, 6.45) is 2.66. The number of esters is 1. The minimum atomic E-state index is -0.437. The van der Waals surface area contributed by atoms with Crippen LogP contribution in [-0.4, -0.2) is 55.1 Å². The van der Waals surface area contributed by atoms with Gasteiger partial charge in [-0.05, 0) is 18.4 Å². The summed E-state index contributed by atoms with van der Waals surface area (Å²) in [5, 5.41) is 2.74. The van der Waals surface area contributed by atoms with Crippen LogP contribution in [0, 0.1) is 0 Å². The molecule has 0 saturated heterocycles. The molecule has 0 rings (SSSR count). The van der Waals surface area contributed by atoms with Crippen molar-refractivity contribution in [3.63, 3.8) is 0 Å². The molecule has 0 spiro atoms. The lowest BCUT2D eigenvalue weighted by Gasteiger charge is -2.11. The summed E-state index contributed by atoms with van der Waals surface area (Å²) in [5.74, 6) is 1.49. The fourth-order valence-electron chi connectivity index (χ4n) is 0.968. The molecule has 0 aromatic heterocycles. The molecule has 0 aliphatic rings. The van der Waals surface area contributed by atoms with Gasteiger partial charge in [0.15, 0.2) is 0 Å². The zero-order valence-corrected chi connectivity index (χ0v) is 11.9. The molecule has 0 radical (unpaired) electrons. The molecule has 0 aliphatic carbocycles. The number of ether oxygens (including phenoxy) is 1. The first kappa shape index (κ1) is 16.6. The molecule has 0 heterocycles. The largest absolute Gasteiger partial charge is 0.468 e. The van der Waals surface area contributed by atoms with Crippen molar-refractivity contribution in [1.82, 2.24) is 5.32 Å². The van der Waals surface area contributed by atoms with Crippen molar-refractivity contribution in [2.75, 3.05) is 37.2 Å². The fraction of sp³-hybridized carbons (Fsp3) is 0.800. The summed E-state index contributed by atoms with van der Waals surface area (Å²) in [5.41, 5.74) is 5.68. The van der Waals surface area contributed by atoms with Crippen LogP contribution in [-0.2, 0) is 14.3 Å². The van der Waals surface area contributed by atoms with Crippen molar-refractivity contribution in [3.05, 3.63) is 0 Å². The monoisotopic (exact) mass is 280 g/mol. The highest BCUT2D eigenvalue weighted by molar-refractivity contribution is 7.99. The molecule has 0 saturated carbocycles. The molecule has 0 aliphatic heterocycles. The van der Waals surface area contributed by atoms with Crippen molar-refractivity contribution in [1.29, 1.82) is 0 Å². The lowest BCUT2D eigenvalue weighted by Crippen LogP contribution is -2.41. The maximum atomic E-state index is 11.5.